The second-order valence-corrected chi connectivity index (χ2v) is 5.74. The smallest absolute Gasteiger partial charge is 0.238 e. The Kier molecular flexibility index (Phi) is 4.59. The summed E-state index contributed by atoms with van der Waals surface area (Å²) in [5, 5.41) is 3.01. The van der Waals surface area contributed by atoms with Gasteiger partial charge in [-0.05, 0) is 63.4 Å². The standard InChI is InChI=1S/C16H24N2O/c1-12-8-13(2)10-15(9-12)17-16(19)11-18-7-5-4-6-14(18)3/h8-10,14H,4-7,11H2,1-3H3,(H,17,19)/t14-/m0/s1. The molecule has 0 unspecified atom stereocenters. The third-order valence-electron chi connectivity index (χ3n) is 3.79. The molecule has 0 saturated carbocycles. The Morgan fingerprint density at radius 3 is 2.58 bits per heavy atom. The Hall–Kier alpha value is -1.35. The van der Waals surface area contributed by atoms with Crippen molar-refractivity contribution in [3.05, 3.63) is 29.3 Å². The van der Waals surface area contributed by atoms with Crippen LogP contribution < -0.4 is 5.32 Å². The van der Waals surface area contributed by atoms with Crippen LogP contribution in [0.4, 0.5) is 5.69 Å². The number of amides is 1. The Bertz CT molecular complexity index is 436. The lowest BCUT2D eigenvalue weighted by Gasteiger charge is -2.32. The highest BCUT2D eigenvalue weighted by molar-refractivity contribution is 5.92. The molecule has 2 rings (SSSR count). The summed E-state index contributed by atoms with van der Waals surface area (Å²) in [5.41, 5.74) is 3.27. The lowest BCUT2D eigenvalue weighted by atomic mass is 10.0. The molecule has 1 fully saturated rings. The first kappa shape index (κ1) is 14.1. The van der Waals surface area contributed by atoms with Crippen LogP contribution in [0.25, 0.3) is 0 Å². The SMILES string of the molecule is Cc1cc(C)cc(NC(=O)CN2CCCC[C@@H]2C)c1. The van der Waals surface area contributed by atoms with Crippen molar-refractivity contribution < 1.29 is 4.79 Å². The van der Waals surface area contributed by atoms with Gasteiger partial charge < -0.3 is 5.32 Å². The average Bonchev–Trinajstić information content (AvgIpc) is 2.30. The fraction of sp³-hybridized carbons (Fsp3) is 0.562. The summed E-state index contributed by atoms with van der Waals surface area (Å²) in [6.45, 7) is 7.86. The predicted octanol–water partition coefficient (Wildman–Crippen LogP) is 3.12. The number of benzene rings is 1. The number of aryl methyl sites for hydroxylation is 2. The number of anilines is 1. The summed E-state index contributed by atoms with van der Waals surface area (Å²) >= 11 is 0. The molecule has 1 aromatic rings. The minimum atomic E-state index is 0.0961. The van der Waals surface area contributed by atoms with Crippen LogP contribution in [0.5, 0.6) is 0 Å². The number of nitrogens with zero attached hydrogens (tertiary/aromatic N) is 1. The topological polar surface area (TPSA) is 32.3 Å². The van der Waals surface area contributed by atoms with Gasteiger partial charge in [0.2, 0.25) is 5.91 Å². The molecule has 1 atom stereocenters. The van der Waals surface area contributed by atoms with Crippen LogP contribution in [0.3, 0.4) is 0 Å². The number of carbonyl (C=O) groups excluding carboxylic acids is 1. The monoisotopic (exact) mass is 260 g/mol. The summed E-state index contributed by atoms with van der Waals surface area (Å²) in [6.07, 6.45) is 3.70. The lowest BCUT2D eigenvalue weighted by Crippen LogP contribution is -2.42. The van der Waals surface area contributed by atoms with Crippen molar-refractivity contribution in [2.24, 2.45) is 0 Å². The van der Waals surface area contributed by atoms with E-state index in [9.17, 15) is 4.79 Å². The summed E-state index contributed by atoms with van der Waals surface area (Å²) in [5.74, 6) is 0.0961. The Balaban J connectivity index is 1.93. The van der Waals surface area contributed by atoms with Crippen LogP contribution in [0, 0.1) is 13.8 Å². The van der Waals surface area contributed by atoms with Crippen molar-refractivity contribution in [1.29, 1.82) is 0 Å². The molecule has 0 radical (unpaired) electrons. The second kappa shape index (κ2) is 6.20. The minimum absolute atomic E-state index is 0.0961. The van der Waals surface area contributed by atoms with Crippen LogP contribution in [0.15, 0.2) is 18.2 Å². The fourth-order valence-electron chi connectivity index (χ4n) is 2.82. The largest absolute Gasteiger partial charge is 0.325 e. The number of rotatable bonds is 3. The number of carbonyl (C=O) groups is 1. The Morgan fingerprint density at radius 2 is 1.95 bits per heavy atom. The molecule has 1 N–H and O–H groups in total. The fourth-order valence-corrected chi connectivity index (χ4v) is 2.82. The maximum Gasteiger partial charge on any atom is 0.238 e. The van der Waals surface area contributed by atoms with Crippen molar-refractivity contribution in [2.45, 2.75) is 46.1 Å². The molecule has 3 nitrogen and oxygen atoms in total. The molecule has 1 amide bonds. The molecular weight excluding hydrogens is 236 g/mol. The molecule has 0 spiro atoms. The van der Waals surface area contributed by atoms with Crippen molar-refractivity contribution >= 4 is 11.6 Å². The van der Waals surface area contributed by atoms with E-state index in [-0.39, 0.29) is 5.91 Å². The number of hydrogen-bond donors (Lipinski definition) is 1. The molecule has 19 heavy (non-hydrogen) atoms. The van der Waals surface area contributed by atoms with Crippen LogP contribution in [0.1, 0.15) is 37.3 Å². The molecule has 1 saturated heterocycles. The molecule has 0 bridgehead atoms. The van der Waals surface area contributed by atoms with Gasteiger partial charge in [-0.2, -0.15) is 0 Å². The summed E-state index contributed by atoms with van der Waals surface area (Å²) in [4.78, 5) is 14.4. The van der Waals surface area contributed by atoms with Gasteiger partial charge in [-0.25, -0.2) is 0 Å². The molecule has 0 aromatic heterocycles. The number of piperidine rings is 1. The summed E-state index contributed by atoms with van der Waals surface area (Å²) in [7, 11) is 0. The van der Waals surface area contributed by atoms with Gasteiger partial charge in [0.1, 0.15) is 0 Å². The van der Waals surface area contributed by atoms with E-state index in [1.165, 1.54) is 30.4 Å². The number of likely N-dealkylation sites (tertiary alicyclic amines) is 1. The molecular formula is C16H24N2O. The van der Waals surface area contributed by atoms with Crippen LogP contribution >= 0.6 is 0 Å². The van der Waals surface area contributed by atoms with E-state index >= 15 is 0 Å². The minimum Gasteiger partial charge on any atom is -0.325 e. The predicted molar refractivity (Wildman–Crippen MR) is 79.4 cm³/mol. The van der Waals surface area contributed by atoms with E-state index in [0.717, 1.165) is 12.2 Å². The van der Waals surface area contributed by atoms with E-state index < -0.39 is 0 Å². The van der Waals surface area contributed by atoms with E-state index in [4.69, 9.17) is 0 Å². The zero-order chi connectivity index (χ0) is 13.8. The number of hydrogen-bond acceptors (Lipinski definition) is 2. The van der Waals surface area contributed by atoms with Crippen LogP contribution in [-0.2, 0) is 4.79 Å². The van der Waals surface area contributed by atoms with Crippen molar-refractivity contribution in [3.8, 4) is 0 Å². The normalized spacial score (nSPS) is 20.3. The molecule has 1 aromatic carbocycles. The van der Waals surface area contributed by atoms with Gasteiger partial charge in [0.15, 0.2) is 0 Å². The highest BCUT2D eigenvalue weighted by atomic mass is 16.2. The maximum atomic E-state index is 12.1. The first-order valence-electron chi connectivity index (χ1n) is 7.17. The highest BCUT2D eigenvalue weighted by Crippen LogP contribution is 2.17. The van der Waals surface area contributed by atoms with Gasteiger partial charge in [0.25, 0.3) is 0 Å². The zero-order valence-electron chi connectivity index (χ0n) is 12.2. The highest BCUT2D eigenvalue weighted by Gasteiger charge is 2.20. The number of nitrogens with one attached hydrogen (secondary N) is 1. The quantitative estimate of drug-likeness (QED) is 0.905. The molecule has 1 aliphatic rings. The van der Waals surface area contributed by atoms with Gasteiger partial charge in [-0.1, -0.05) is 12.5 Å². The van der Waals surface area contributed by atoms with E-state index in [2.05, 4.69) is 37.1 Å². The van der Waals surface area contributed by atoms with E-state index in [1.54, 1.807) is 0 Å². The van der Waals surface area contributed by atoms with Gasteiger partial charge in [-0.3, -0.25) is 9.69 Å². The first-order valence-corrected chi connectivity index (χ1v) is 7.17. The average molecular weight is 260 g/mol. The maximum absolute atomic E-state index is 12.1. The molecule has 3 heteroatoms. The van der Waals surface area contributed by atoms with Gasteiger partial charge in [-0.15, -0.1) is 0 Å². The van der Waals surface area contributed by atoms with E-state index in [1.807, 2.05) is 12.1 Å². The first-order chi connectivity index (χ1) is 9.04. The molecule has 1 heterocycles. The van der Waals surface area contributed by atoms with Gasteiger partial charge >= 0.3 is 0 Å². The van der Waals surface area contributed by atoms with Gasteiger partial charge in [0.05, 0.1) is 6.54 Å². The summed E-state index contributed by atoms with van der Waals surface area (Å²) in [6, 6.07) is 6.68. The van der Waals surface area contributed by atoms with Crippen LogP contribution in [-0.4, -0.2) is 29.9 Å². The molecule has 1 aliphatic heterocycles. The lowest BCUT2D eigenvalue weighted by molar-refractivity contribution is -0.118. The van der Waals surface area contributed by atoms with Crippen molar-refractivity contribution in [2.75, 3.05) is 18.4 Å². The summed E-state index contributed by atoms with van der Waals surface area (Å²) < 4.78 is 0. The second-order valence-electron chi connectivity index (χ2n) is 5.74. The Labute approximate surface area is 116 Å². The molecule has 0 aliphatic carbocycles. The third-order valence-corrected chi connectivity index (χ3v) is 3.79. The van der Waals surface area contributed by atoms with Crippen molar-refractivity contribution in [1.82, 2.24) is 4.90 Å². The van der Waals surface area contributed by atoms with Crippen molar-refractivity contribution in [3.63, 3.8) is 0 Å². The van der Waals surface area contributed by atoms with E-state index in [0.29, 0.717) is 12.6 Å². The zero-order valence-corrected chi connectivity index (χ0v) is 12.2. The molecule has 104 valence electrons. The van der Waals surface area contributed by atoms with Gasteiger partial charge in [0, 0.05) is 11.7 Å². The van der Waals surface area contributed by atoms with Crippen LogP contribution in [0.2, 0.25) is 0 Å². The third kappa shape index (κ3) is 4.06. The Morgan fingerprint density at radius 1 is 1.26 bits per heavy atom.